The van der Waals surface area contributed by atoms with Crippen molar-refractivity contribution >= 4 is 21.9 Å². The molecule has 10 heteroatoms. The molecule has 0 atom stereocenters. The second-order valence-electron chi connectivity index (χ2n) is 7.01. The van der Waals surface area contributed by atoms with Gasteiger partial charge < -0.3 is 14.5 Å². The van der Waals surface area contributed by atoms with Crippen molar-refractivity contribution in [1.82, 2.24) is 19.6 Å². The van der Waals surface area contributed by atoms with Gasteiger partial charge in [0.1, 0.15) is 11.6 Å². The Morgan fingerprint density at radius 1 is 1.10 bits per heavy atom. The lowest BCUT2D eigenvalue weighted by atomic mass is 10.1. The number of fused-ring (bicyclic) bond motifs is 1. The van der Waals surface area contributed by atoms with E-state index < -0.39 is 16.1 Å². The molecule has 0 unspecified atom stereocenters. The highest BCUT2D eigenvalue weighted by molar-refractivity contribution is 7.90. The lowest BCUT2D eigenvalue weighted by Gasteiger charge is -2.34. The Bertz CT molecular complexity index is 1010. The van der Waals surface area contributed by atoms with Crippen LogP contribution in [0.2, 0.25) is 0 Å². The Morgan fingerprint density at radius 2 is 1.83 bits per heavy atom. The number of carbonyl (C=O) groups excluding carboxylic acids is 1. The summed E-state index contributed by atoms with van der Waals surface area (Å²) in [6, 6.07) is 7.21. The second-order valence-corrected chi connectivity index (χ2v) is 8.70. The number of nitrogens with zero attached hydrogens (tertiary/aromatic N) is 4. The third kappa shape index (κ3) is 4.18. The minimum atomic E-state index is -3.92. The fourth-order valence-electron chi connectivity index (χ4n) is 3.57. The number of urea groups is 1. The summed E-state index contributed by atoms with van der Waals surface area (Å²) in [6.07, 6.45) is 0.550. The van der Waals surface area contributed by atoms with Crippen LogP contribution in [0.5, 0.6) is 0 Å². The standard InChI is InChI=1S/C19H23N5O4S/c1-14-20-17-7-8-24(13-16(17)18(21-14)23-9-11-28-12-10-23)19(25)22-29(26,27)15-5-3-2-4-6-15/h2-6H,7-13H2,1H3,(H,22,25). The van der Waals surface area contributed by atoms with Gasteiger partial charge in [0, 0.05) is 31.6 Å². The zero-order chi connectivity index (χ0) is 20.4. The number of anilines is 1. The lowest BCUT2D eigenvalue weighted by molar-refractivity contribution is 0.122. The summed E-state index contributed by atoms with van der Waals surface area (Å²) < 4.78 is 32.6. The van der Waals surface area contributed by atoms with Gasteiger partial charge in [0.05, 0.1) is 30.3 Å². The monoisotopic (exact) mass is 417 g/mol. The number of sulfonamides is 1. The van der Waals surface area contributed by atoms with E-state index in [1.807, 2.05) is 6.92 Å². The minimum absolute atomic E-state index is 0.0544. The maximum Gasteiger partial charge on any atom is 0.331 e. The molecule has 2 aliphatic rings. The summed E-state index contributed by atoms with van der Waals surface area (Å²) in [5.41, 5.74) is 1.78. The van der Waals surface area contributed by atoms with E-state index in [1.54, 1.807) is 18.2 Å². The molecule has 0 spiro atoms. The largest absolute Gasteiger partial charge is 0.378 e. The molecular weight excluding hydrogens is 394 g/mol. The highest BCUT2D eigenvalue weighted by Gasteiger charge is 2.29. The van der Waals surface area contributed by atoms with Gasteiger partial charge in [0.25, 0.3) is 10.0 Å². The van der Waals surface area contributed by atoms with E-state index >= 15 is 0 Å². The topological polar surface area (TPSA) is 105 Å². The number of ether oxygens (including phenoxy) is 1. The van der Waals surface area contributed by atoms with Crippen molar-refractivity contribution in [2.75, 3.05) is 37.7 Å². The average Bonchev–Trinajstić information content (AvgIpc) is 2.73. The van der Waals surface area contributed by atoms with Crippen LogP contribution in [0.25, 0.3) is 0 Å². The van der Waals surface area contributed by atoms with Gasteiger partial charge in [-0.1, -0.05) is 18.2 Å². The highest BCUT2D eigenvalue weighted by atomic mass is 32.2. The molecule has 1 aromatic heterocycles. The molecule has 2 aromatic rings. The molecule has 9 nitrogen and oxygen atoms in total. The Hall–Kier alpha value is -2.72. The molecule has 0 saturated carbocycles. The number of aryl methyl sites for hydroxylation is 1. The first kappa shape index (κ1) is 19.6. The van der Waals surface area contributed by atoms with Crippen molar-refractivity contribution < 1.29 is 17.9 Å². The van der Waals surface area contributed by atoms with Crippen LogP contribution in [-0.4, -0.2) is 62.2 Å². The Morgan fingerprint density at radius 3 is 2.55 bits per heavy atom. The van der Waals surface area contributed by atoms with Crippen molar-refractivity contribution in [3.8, 4) is 0 Å². The number of amides is 2. The molecule has 0 radical (unpaired) electrons. The van der Waals surface area contributed by atoms with E-state index in [0.717, 1.165) is 30.2 Å². The summed E-state index contributed by atoms with van der Waals surface area (Å²) >= 11 is 0. The lowest BCUT2D eigenvalue weighted by Crippen LogP contribution is -2.46. The van der Waals surface area contributed by atoms with Gasteiger partial charge in [-0.2, -0.15) is 0 Å². The fraction of sp³-hybridized carbons (Fsp3) is 0.421. The first-order valence-electron chi connectivity index (χ1n) is 9.50. The number of carbonyl (C=O) groups is 1. The van der Waals surface area contributed by atoms with Gasteiger partial charge in [0.15, 0.2) is 0 Å². The Kier molecular flexibility index (Phi) is 5.37. The first-order chi connectivity index (χ1) is 13.9. The number of benzene rings is 1. The number of aromatic nitrogens is 2. The van der Waals surface area contributed by atoms with Crippen molar-refractivity contribution in [3.63, 3.8) is 0 Å². The molecule has 0 bridgehead atoms. The van der Waals surface area contributed by atoms with E-state index in [2.05, 4.69) is 19.6 Å². The number of morpholine rings is 1. The number of rotatable bonds is 3. The zero-order valence-corrected chi connectivity index (χ0v) is 17.0. The van der Waals surface area contributed by atoms with Gasteiger partial charge in [-0.3, -0.25) is 0 Å². The first-order valence-corrected chi connectivity index (χ1v) is 11.0. The van der Waals surface area contributed by atoms with E-state index in [-0.39, 0.29) is 11.4 Å². The molecule has 1 aromatic carbocycles. The maximum atomic E-state index is 12.7. The second kappa shape index (κ2) is 7.96. The SMILES string of the molecule is Cc1nc2c(c(N3CCOCC3)n1)CN(C(=O)NS(=O)(=O)c1ccccc1)CC2. The van der Waals surface area contributed by atoms with E-state index in [1.165, 1.54) is 17.0 Å². The predicted molar refractivity (Wildman–Crippen MR) is 106 cm³/mol. The molecule has 154 valence electrons. The van der Waals surface area contributed by atoms with Gasteiger partial charge >= 0.3 is 6.03 Å². The van der Waals surface area contributed by atoms with Crippen LogP contribution >= 0.6 is 0 Å². The van der Waals surface area contributed by atoms with Crippen LogP contribution in [0.4, 0.5) is 10.6 Å². The molecule has 0 aliphatic carbocycles. The Balaban J connectivity index is 1.55. The van der Waals surface area contributed by atoms with Crippen molar-refractivity contribution in [2.24, 2.45) is 0 Å². The molecule has 2 aliphatic heterocycles. The van der Waals surface area contributed by atoms with Gasteiger partial charge in [-0.25, -0.2) is 27.9 Å². The van der Waals surface area contributed by atoms with Crippen molar-refractivity contribution in [1.29, 1.82) is 0 Å². The summed E-state index contributed by atoms with van der Waals surface area (Å²) in [5.74, 6) is 1.49. The van der Waals surface area contributed by atoms with Crippen LogP contribution in [-0.2, 0) is 27.7 Å². The third-order valence-electron chi connectivity index (χ3n) is 5.02. The van der Waals surface area contributed by atoms with Crippen LogP contribution in [0.15, 0.2) is 35.2 Å². The summed E-state index contributed by atoms with van der Waals surface area (Å²) in [4.78, 5) is 25.5. The molecule has 1 fully saturated rings. The molecule has 4 rings (SSSR count). The number of hydrogen-bond acceptors (Lipinski definition) is 7. The average molecular weight is 417 g/mol. The smallest absolute Gasteiger partial charge is 0.331 e. The molecule has 1 saturated heterocycles. The van der Waals surface area contributed by atoms with E-state index in [4.69, 9.17) is 4.74 Å². The molecule has 3 heterocycles. The van der Waals surface area contributed by atoms with Crippen LogP contribution in [0.1, 0.15) is 17.1 Å². The molecule has 29 heavy (non-hydrogen) atoms. The fourth-order valence-corrected chi connectivity index (χ4v) is 4.56. The van der Waals surface area contributed by atoms with E-state index in [0.29, 0.717) is 32.0 Å². The zero-order valence-electron chi connectivity index (χ0n) is 16.2. The van der Waals surface area contributed by atoms with Crippen LogP contribution in [0, 0.1) is 6.92 Å². The molecule has 1 N–H and O–H groups in total. The van der Waals surface area contributed by atoms with Gasteiger partial charge in [-0.05, 0) is 19.1 Å². The Labute approximate surface area is 169 Å². The van der Waals surface area contributed by atoms with Crippen LogP contribution in [0.3, 0.4) is 0 Å². The highest BCUT2D eigenvalue weighted by Crippen LogP contribution is 2.27. The molecule has 2 amide bonds. The summed E-state index contributed by atoms with van der Waals surface area (Å²) in [6.45, 7) is 5.19. The van der Waals surface area contributed by atoms with E-state index in [9.17, 15) is 13.2 Å². The normalized spacial score (nSPS) is 17.0. The predicted octanol–water partition coefficient (Wildman–Crippen LogP) is 1.08. The maximum absolute atomic E-state index is 12.7. The third-order valence-corrected chi connectivity index (χ3v) is 6.36. The summed E-state index contributed by atoms with van der Waals surface area (Å²) in [7, 11) is -3.92. The number of nitrogens with one attached hydrogen (secondary N) is 1. The molecular formula is C19H23N5O4S. The quantitative estimate of drug-likeness (QED) is 0.797. The van der Waals surface area contributed by atoms with Gasteiger partial charge in [0.2, 0.25) is 0 Å². The van der Waals surface area contributed by atoms with Crippen molar-refractivity contribution in [3.05, 3.63) is 47.4 Å². The van der Waals surface area contributed by atoms with Crippen LogP contribution < -0.4 is 9.62 Å². The van der Waals surface area contributed by atoms with Gasteiger partial charge in [-0.15, -0.1) is 0 Å². The van der Waals surface area contributed by atoms with Crippen molar-refractivity contribution in [2.45, 2.75) is 24.8 Å². The summed E-state index contributed by atoms with van der Waals surface area (Å²) in [5, 5.41) is 0. The minimum Gasteiger partial charge on any atom is -0.378 e. The number of hydrogen-bond donors (Lipinski definition) is 1.